The zero-order chi connectivity index (χ0) is 14.5. The lowest BCUT2D eigenvalue weighted by molar-refractivity contribution is -0.114. The largest absolute Gasteiger partial charge is 0.506 e. The molecule has 0 aliphatic heterocycles. The summed E-state index contributed by atoms with van der Waals surface area (Å²) in [4.78, 5) is 11.7. The van der Waals surface area contributed by atoms with Crippen molar-refractivity contribution in [3.63, 3.8) is 0 Å². The molecule has 0 saturated heterocycles. The Bertz CT molecular complexity index is 614. The molecule has 2 rings (SSSR count). The molecule has 0 atom stereocenters. The molecular weight excluding hydrogens is 283 g/mol. The maximum atomic E-state index is 13.4. The van der Waals surface area contributed by atoms with Crippen molar-refractivity contribution in [2.75, 3.05) is 17.2 Å². The predicted octanol–water partition coefficient (Wildman–Crippen LogP) is 3.24. The number of amides is 1. The number of hydrogen-bond acceptors (Lipinski definition) is 3. The third kappa shape index (κ3) is 3.39. The van der Waals surface area contributed by atoms with E-state index in [9.17, 15) is 14.3 Å². The number of hydrogen-bond donors (Lipinski definition) is 3. The summed E-state index contributed by atoms with van der Waals surface area (Å²) in [5, 5.41) is 15.1. The van der Waals surface area contributed by atoms with Gasteiger partial charge in [-0.1, -0.05) is 29.8 Å². The summed E-state index contributed by atoms with van der Waals surface area (Å²) in [6, 6.07) is 10.7. The highest BCUT2D eigenvalue weighted by Crippen LogP contribution is 2.25. The van der Waals surface area contributed by atoms with Gasteiger partial charge in [-0.05, 0) is 24.3 Å². The third-order valence-electron chi connectivity index (χ3n) is 2.57. The van der Waals surface area contributed by atoms with Gasteiger partial charge in [-0.2, -0.15) is 0 Å². The molecule has 20 heavy (non-hydrogen) atoms. The lowest BCUT2D eigenvalue weighted by Crippen LogP contribution is -2.22. The normalized spacial score (nSPS) is 10.1. The van der Waals surface area contributed by atoms with E-state index < -0.39 is 11.7 Å². The average molecular weight is 295 g/mol. The Labute approximate surface area is 120 Å². The zero-order valence-corrected chi connectivity index (χ0v) is 11.1. The second-order valence-corrected chi connectivity index (χ2v) is 4.42. The molecule has 0 spiro atoms. The Kier molecular flexibility index (Phi) is 4.42. The van der Waals surface area contributed by atoms with Crippen LogP contribution >= 0.6 is 11.6 Å². The summed E-state index contributed by atoms with van der Waals surface area (Å²) >= 11 is 5.92. The highest BCUT2D eigenvalue weighted by atomic mass is 35.5. The maximum Gasteiger partial charge on any atom is 0.243 e. The quantitative estimate of drug-likeness (QED) is 0.759. The van der Waals surface area contributed by atoms with Crippen molar-refractivity contribution >= 4 is 28.9 Å². The first-order valence-electron chi connectivity index (χ1n) is 5.83. The number of para-hydroxylation sites is 2. The van der Waals surface area contributed by atoms with Gasteiger partial charge in [0.15, 0.2) is 5.82 Å². The molecule has 0 aromatic heterocycles. The van der Waals surface area contributed by atoms with E-state index in [0.29, 0.717) is 10.7 Å². The molecular formula is C14H12ClFN2O2. The lowest BCUT2D eigenvalue weighted by Gasteiger charge is -2.10. The fraction of sp³-hybridized carbons (Fsp3) is 0.0714. The minimum atomic E-state index is -0.698. The number of aromatic hydroxyl groups is 1. The van der Waals surface area contributed by atoms with Gasteiger partial charge in [0.1, 0.15) is 11.4 Å². The number of benzene rings is 2. The van der Waals surface area contributed by atoms with Crippen LogP contribution in [-0.4, -0.2) is 17.6 Å². The second kappa shape index (κ2) is 6.25. The zero-order valence-electron chi connectivity index (χ0n) is 10.4. The van der Waals surface area contributed by atoms with E-state index in [2.05, 4.69) is 10.6 Å². The van der Waals surface area contributed by atoms with E-state index in [-0.39, 0.29) is 18.0 Å². The number of halogens is 2. The molecule has 2 aromatic rings. The van der Waals surface area contributed by atoms with Crippen LogP contribution in [0.3, 0.4) is 0 Å². The van der Waals surface area contributed by atoms with Crippen molar-refractivity contribution in [1.29, 1.82) is 0 Å². The second-order valence-electron chi connectivity index (χ2n) is 4.02. The molecule has 0 unspecified atom stereocenters. The summed E-state index contributed by atoms with van der Waals surface area (Å²) < 4.78 is 13.4. The van der Waals surface area contributed by atoms with Crippen molar-refractivity contribution in [3.05, 3.63) is 53.3 Å². The van der Waals surface area contributed by atoms with Gasteiger partial charge in [-0.3, -0.25) is 4.79 Å². The summed E-state index contributed by atoms with van der Waals surface area (Å²) in [5.41, 5.74) is 0.362. The number of carbonyl (C=O) groups is 1. The van der Waals surface area contributed by atoms with Crippen LogP contribution < -0.4 is 10.6 Å². The summed E-state index contributed by atoms with van der Waals surface area (Å²) in [5.74, 6) is -1.52. The van der Waals surface area contributed by atoms with Gasteiger partial charge in [0.25, 0.3) is 0 Å². The SMILES string of the molecule is O=C(CNc1ccccc1Cl)Nc1c(O)cccc1F. The van der Waals surface area contributed by atoms with Crippen molar-refractivity contribution in [2.24, 2.45) is 0 Å². The molecule has 0 bridgehead atoms. The Balaban J connectivity index is 1.98. The highest BCUT2D eigenvalue weighted by Gasteiger charge is 2.11. The Morgan fingerprint density at radius 3 is 2.65 bits per heavy atom. The fourth-order valence-electron chi connectivity index (χ4n) is 1.60. The van der Waals surface area contributed by atoms with Crippen molar-refractivity contribution in [2.45, 2.75) is 0 Å². The Morgan fingerprint density at radius 1 is 1.20 bits per heavy atom. The molecule has 104 valence electrons. The molecule has 2 aromatic carbocycles. The van der Waals surface area contributed by atoms with E-state index in [1.54, 1.807) is 24.3 Å². The van der Waals surface area contributed by atoms with E-state index in [4.69, 9.17) is 11.6 Å². The van der Waals surface area contributed by atoms with Crippen LogP contribution in [0.4, 0.5) is 15.8 Å². The predicted molar refractivity (Wildman–Crippen MR) is 76.6 cm³/mol. The van der Waals surface area contributed by atoms with Crippen LogP contribution in [-0.2, 0) is 4.79 Å². The molecule has 1 amide bonds. The van der Waals surface area contributed by atoms with Crippen LogP contribution in [0.15, 0.2) is 42.5 Å². The molecule has 0 saturated carbocycles. The van der Waals surface area contributed by atoms with Gasteiger partial charge < -0.3 is 15.7 Å². The number of carbonyl (C=O) groups excluding carboxylic acids is 1. The Morgan fingerprint density at radius 2 is 1.95 bits per heavy atom. The summed E-state index contributed by atoms with van der Waals surface area (Å²) in [7, 11) is 0. The molecule has 3 N–H and O–H groups in total. The first kappa shape index (κ1) is 14.1. The van der Waals surface area contributed by atoms with Crippen LogP contribution in [0.5, 0.6) is 5.75 Å². The van der Waals surface area contributed by atoms with E-state index in [0.717, 1.165) is 6.07 Å². The smallest absolute Gasteiger partial charge is 0.243 e. The van der Waals surface area contributed by atoms with Gasteiger partial charge in [0, 0.05) is 0 Å². The number of phenolic OH excluding ortho intramolecular Hbond substituents is 1. The fourth-order valence-corrected chi connectivity index (χ4v) is 1.80. The highest BCUT2D eigenvalue weighted by molar-refractivity contribution is 6.33. The van der Waals surface area contributed by atoms with Crippen molar-refractivity contribution in [3.8, 4) is 5.75 Å². The van der Waals surface area contributed by atoms with Crippen molar-refractivity contribution < 1.29 is 14.3 Å². The summed E-state index contributed by atoms with van der Waals surface area (Å²) in [6.07, 6.45) is 0. The molecule has 6 heteroatoms. The monoisotopic (exact) mass is 294 g/mol. The van der Waals surface area contributed by atoms with E-state index >= 15 is 0 Å². The molecule has 0 aliphatic carbocycles. The molecule has 0 fully saturated rings. The van der Waals surface area contributed by atoms with Gasteiger partial charge in [-0.15, -0.1) is 0 Å². The minimum absolute atomic E-state index is 0.0997. The first-order chi connectivity index (χ1) is 9.58. The van der Waals surface area contributed by atoms with Gasteiger partial charge in [-0.25, -0.2) is 4.39 Å². The van der Waals surface area contributed by atoms with E-state index in [1.807, 2.05) is 0 Å². The van der Waals surface area contributed by atoms with Crippen LogP contribution in [0.2, 0.25) is 5.02 Å². The van der Waals surface area contributed by atoms with E-state index in [1.165, 1.54) is 12.1 Å². The number of nitrogens with one attached hydrogen (secondary N) is 2. The van der Waals surface area contributed by atoms with Gasteiger partial charge in [0.2, 0.25) is 5.91 Å². The topological polar surface area (TPSA) is 61.4 Å². The number of rotatable bonds is 4. The van der Waals surface area contributed by atoms with Crippen LogP contribution in [0, 0.1) is 5.82 Å². The number of phenols is 1. The lowest BCUT2D eigenvalue weighted by atomic mass is 10.2. The van der Waals surface area contributed by atoms with Crippen LogP contribution in [0.25, 0.3) is 0 Å². The minimum Gasteiger partial charge on any atom is -0.506 e. The van der Waals surface area contributed by atoms with Crippen molar-refractivity contribution in [1.82, 2.24) is 0 Å². The molecule has 0 radical (unpaired) electrons. The molecule has 0 aliphatic rings. The standard InChI is InChI=1S/C14H12ClFN2O2/c15-9-4-1-2-6-11(9)17-8-13(20)18-14-10(16)5-3-7-12(14)19/h1-7,17,19H,8H2,(H,18,20). The van der Waals surface area contributed by atoms with Gasteiger partial charge >= 0.3 is 0 Å². The third-order valence-corrected chi connectivity index (χ3v) is 2.90. The van der Waals surface area contributed by atoms with Gasteiger partial charge in [0.05, 0.1) is 17.3 Å². The molecule has 4 nitrogen and oxygen atoms in total. The molecule has 0 heterocycles. The average Bonchev–Trinajstić information content (AvgIpc) is 2.42. The maximum absolute atomic E-state index is 13.4. The van der Waals surface area contributed by atoms with Crippen LogP contribution in [0.1, 0.15) is 0 Å². The Hall–Kier alpha value is -2.27. The number of anilines is 2. The first-order valence-corrected chi connectivity index (χ1v) is 6.21. The summed E-state index contributed by atoms with van der Waals surface area (Å²) in [6.45, 7) is -0.0997.